The smallest absolute Gasteiger partial charge is 0.407 e. The Morgan fingerprint density at radius 1 is 1.12 bits per heavy atom. The highest BCUT2D eigenvalue weighted by Gasteiger charge is 2.38. The number of unbranched alkanes of at least 4 members (excludes halogenated alkanes) is 3. The van der Waals surface area contributed by atoms with Gasteiger partial charge in [-0.15, -0.1) is 11.3 Å². The first-order valence-electron chi connectivity index (χ1n) is 13.9. The summed E-state index contributed by atoms with van der Waals surface area (Å²) in [6.07, 6.45) is 2.91. The Morgan fingerprint density at radius 2 is 1.81 bits per heavy atom. The van der Waals surface area contributed by atoms with Crippen molar-refractivity contribution in [2.24, 2.45) is 5.11 Å². The summed E-state index contributed by atoms with van der Waals surface area (Å²) >= 11 is 1.31. The molecular weight excluding hydrogens is 576 g/mol. The van der Waals surface area contributed by atoms with Gasteiger partial charge in [-0.3, -0.25) is 4.79 Å². The summed E-state index contributed by atoms with van der Waals surface area (Å²) in [6.45, 7) is 11.6. The van der Waals surface area contributed by atoms with Gasteiger partial charge in [-0.05, 0) is 42.1 Å². The number of thiazole rings is 1. The molecule has 230 valence electrons. The van der Waals surface area contributed by atoms with Crippen molar-refractivity contribution in [3.05, 3.63) is 51.3 Å². The van der Waals surface area contributed by atoms with Crippen molar-refractivity contribution < 1.29 is 28.3 Å². The van der Waals surface area contributed by atoms with Gasteiger partial charge in [0.05, 0.1) is 20.3 Å². The number of rotatable bonds is 16. The Balaban J connectivity index is 1.85. The van der Waals surface area contributed by atoms with E-state index >= 15 is 0 Å². The third-order valence-corrected chi connectivity index (χ3v) is 12.4. The number of alkyl carbamates (subject to hydrolysis) is 1. The normalized spacial score (nSPS) is 12.1. The fraction of sp³-hybridized carbons (Fsp3) is 0.571. The fourth-order valence-electron chi connectivity index (χ4n) is 3.40. The second kappa shape index (κ2) is 16.9. The third kappa shape index (κ3) is 11.4. The highest BCUT2D eigenvalue weighted by atomic mass is 32.1. The molecule has 14 heteroatoms. The van der Waals surface area contributed by atoms with E-state index in [2.05, 4.69) is 59.5 Å². The number of nitrogens with one attached hydrogen (secondary N) is 2. The van der Waals surface area contributed by atoms with Gasteiger partial charge in [0, 0.05) is 28.9 Å². The quantitative estimate of drug-likeness (QED) is 0.0564. The number of hydrogen-bond donors (Lipinski definition) is 2. The zero-order valence-corrected chi connectivity index (χ0v) is 27.1. The molecule has 0 saturated carbocycles. The number of benzene rings is 1. The van der Waals surface area contributed by atoms with Crippen LogP contribution in [-0.2, 0) is 25.2 Å². The second-order valence-electron chi connectivity index (χ2n) is 11.2. The molecule has 0 unspecified atom stereocenters. The Hall–Kier alpha value is -3.45. The van der Waals surface area contributed by atoms with Crippen LogP contribution in [0.4, 0.5) is 4.79 Å². The van der Waals surface area contributed by atoms with Crippen molar-refractivity contribution in [2.45, 2.75) is 77.2 Å². The lowest BCUT2D eigenvalue weighted by atomic mass is 10.1. The second-order valence-corrected chi connectivity index (χ2v) is 16.9. The number of nitrogens with zero attached hydrogens (tertiary/aromatic N) is 4. The molecule has 1 aromatic heterocycles. The predicted molar refractivity (Wildman–Crippen MR) is 165 cm³/mol. The minimum atomic E-state index is -2.14. The summed E-state index contributed by atoms with van der Waals surface area (Å²) in [4.78, 5) is 44.4. The highest BCUT2D eigenvalue weighted by Crippen LogP contribution is 2.36. The molecule has 1 aromatic carbocycles. The standard InChI is InChI=1S/C28H42N6O6SSi/c1-28(2,3)42(5,6)40-18-22(26(36)38-4)32-24(35)23-19-41-25(33-23)21-13-11-20(12-14-21)17-30-27(37)39-16-10-8-7-9-15-31-34-29/h11-14,19,22H,7-10,15-18H2,1-6H3,(H,30,37)(H,32,35)/t22-/m0/s1. The zero-order chi connectivity index (χ0) is 31.2. The van der Waals surface area contributed by atoms with Gasteiger partial charge in [0.1, 0.15) is 16.7 Å². The number of ether oxygens (including phenoxy) is 2. The van der Waals surface area contributed by atoms with Crippen LogP contribution >= 0.6 is 11.3 Å². The number of methoxy groups -OCH3 is 1. The Morgan fingerprint density at radius 3 is 2.45 bits per heavy atom. The number of carbonyl (C=O) groups excluding carboxylic acids is 3. The van der Waals surface area contributed by atoms with Crippen molar-refractivity contribution in [1.29, 1.82) is 0 Å². The lowest BCUT2D eigenvalue weighted by molar-refractivity contribution is -0.143. The molecule has 2 amide bonds. The zero-order valence-electron chi connectivity index (χ0n) is 25.3. The van der Waals surface area contributed by atoms with Crippen molar-refractivity contribution in [3.63, 3.8) is 0 Å². The number of hydrogen-bond acceptors (Lipinski definition) is 9. The Bertz CT molecular complexity index is 1220. The van der Waals surface area contributed by atoms with Crippen molar-refractivity contribution in [1.82, 2.24) is 15.6 Å². The molecule has 0 fully saturated rings. The maximum Gasteiger partial charge on any atom is 0.407 e. The SMILES string of the molecule is COC(=O)[C@H](CO[Si](C)(C)C(C)(C)C)NC(=O)c1csc(-c2ccc(CNC(=O)OCCCCCCN=[N+]=[N-])cc2)n1. The molecule has 12 nitrogen and oxygen atoms in total. The van der Waals surface area contributed by atoms with E-state index in [0.717, 1.165) is 36.8 Å². The van der Waals surface area contributed by atoms with Gasteiger partial charge < -0.3 is 24.5 Å². The molecule has 2 rings (SSSR count). The van der Waals surface area contributed by atoms with Gasteiger partial charge >= 0.3 is 12.1 Å². The van der Waals surface area contributed by atoms with E-state index in [9.17, 15) is 14.4 Å². The fourth-order valence-corrected chi connectivity index (χ4v) is 5.22. The monoisotopic (exact) mass is 618 g/mol. The third-order valence-electron chi connectivity index (χ3n) is 7.03. The molecule has 0 bridgehead atoms. The lowest BCUT2D eigenvalue weighted by Gasteiger charge is -2.37. The van der Waals surface area contributed by atoms with Crippen LogP contribution in [0.2, 0.25) is 18.1 Å². The highest BCUT2D eigenvalue weighted by molar-refractivity contribution is 7.13. The largest absolute Gasteiger partial charge is 0.467 e. The topological polar surface area (TPSA) is 165 Å². The van der Waals surface area contributed by atoms with Gasteiger partial charge in [-0.25, -0.2) is 14.6 Å². The molecule has 0 aliphatic carbocycles. The van der Waals surface area contributed by atoms with Crippen molar-refractivity contribution in [2.75, 3.05) is 26.9 Å². The van der Waals surface area contributed by atoms with E-state index in [0.29, 0.717) is 24.7 Å². The molecule has 42 heavy (non-hydrogen) atoms. The predicted octanol–water partition coefficient (Wildman–Crippen LogP) is 6.20. The van der Waals surface area contributed by atoms with Crippen LogP contribution < -0.4 is 10.6 Å². The van der Waals surface area contributed by atoms with Gasteiger partial charge in [-0.1, -0.05) is 63.0 Å². The first kappa shape index (κ1) is 34.7. The summed E-state index contributed by atoms with van der Waals surface area (Å²) in [5.41, 5.74) is 10.1. The van der Waals surface area contributed by atoms with Crippen molar-refractivity contribution >= 4 is 37.6 Å². The maximum atomic E-state index is 12.9. The van der Waals surface area contributed by atoms with E-state index in [-0.39, 0.29) is 17.3 Å². The van der Waals surface area contributed by atoms with Gasteiger partial charge in [-0.2, -0.15) is 0 Å². The summed E-state index contributed by atoms with van der Waals surface area (Å²) in [5.74, 6) is -1.07. The minimum absolute atomic E-state index is 0.0229. The number of azide groups is 1. The summed E-state index contributed by atoms with van der Waals surface area (Å²) in [6, 6.07) is 6.51. The number of amides is 2. The van der Waals surface area contributed by atoms with Crippen LogP contribution in [0.5, 0.6) is 0 Å². The average molecular weight is 619 g/mol. The van der Waals surface area contributed by atoms with E-state index in [1.807, 2.05) is 24.3 Å². The number of esters is 1. The van der Waals surface area contributed by atoms with Crippen molar-refractivity contribution in [3.8, 4) is 10.6 Å². The average Bonchev–Trinajstić information content (AvgIpc) is 3.45. The van der Waals surface area contributed by atoms with Crippen LogP contribution in [0.3, 0.4) is 0 Å². The first-order chi connectivity index (χ1) is 19.9. The Kier molecular flexibility index (Phi) is 13.9. The van der Waals surface area contributed by atoms with Crippen LogP contribution in [-0.4, -0.2) is 64.2 Å². The maximum absolute atomic E-state index is 12.9. The minimum Gasteiger partial charge on any atom is -0.467 e. The molecule has 1 atom stereocenters. The molecule has 1 heterocycles. The molecular formula is C28H42N6O6SSi. The molecule has 2 aromatic rings. The summed E-state index contributed by atoms with van der Waals surface area (Å²) in [5, 5.41) is 11.1. The van der Waals surface area contributed by atoms with E-state index in [1.165, 1.54) is 18.4 Å². The molecule has 0 aliphatic heterocycles. The van der Waals surface area contributed by atoms with E-state index < -0.39 is 32.3 Å². The van der Waals surface area contributed by atoms with E-state index in [4.69, 9.17) is 19.4 Å². The van der Waals surface area contributed by atoms with E-state index in [1.54, 1.807) is 5.38 Å². The van der Waals surface area contributed by atoms with Crippen LogP contribution in [0, 0.1) is 0 Å². The van der Waals surface area contributed by atoms with Crippen LogP contribution in [0.25, 0.3) is 21.0 Å². The summed E-state index contributed by atoms with van der Waals surface area (Å²) < 4.78 is 16.2. The molecule has 2 N–H and O–H groups in total. The number of carbonyl (C=O) groups is 3. The Labute approximate surface area is 252 Å². The molecule has 0 radical (unpaired) electrons. The van der Waals surface area contributed by atoms with Gasteiger partial charge in [0.2, 0.25) is 0 Å². The van der Waals surface area contributed by atoms with Crippen LogP contribution in [0.1, 0.15) is 62.5 Å². The molecule has 0 spiro atoms. The number of aromatic nitrogens is 1. The lowest BCUT2D eigenvalue weighted by Crippen LogP contribution is -2.49. The van der Waals surface area contributed by atoms with Gasteiger partial charge in [0.15, 0.2) is 8.32 Å². The molecule has 0 aliphatic rings. The van der Waals surface area contributed by atoms with Gasteiger partial charge in [0.25, 0.3) is 5.91 Å². The molecule has 0 saturated heterocycles. The first-order valence-corrected chi connectivity index (χ1v) is 17.7. The summed E-state index contributed by atoms with van der Waals surface area (Å²) in [7, 11) is -0.867. The van der Waals surface area contributed by atoms with Crippen LogP contribution in [0.15, 0.2) is 34.8 Å².